The van der Waals surface area contributed by atoms with E-state index in [9.17, 15) is 5.11 Å². The first-order valence-corrected chi connectivity index (χ1v) is 6.11. The SMILES string of the molecule is CCc1ccc(CC(O)C(C)(C)CC)nc1. The summed E-state index contributed by atoms with van der Waals surface area (Å²) >= 11 is 0. The highest BCUT2D eigenvalue weighted by molar-refractivity contribution is 5.14. The van der Waals surface area contributed by atoms with Crippen LogP contribution in [0.3, 0.4) is 0 Å². The monoisotopic (exact) mass is 221 g/mol. The minimum Gasteiger partial charge on any atom is -0.392 e. The molecule has 1 unspecified atom stereocenters. The number of aryl methyl sites for hydroxylation is 1. The molecule has 1 heterocycles. The third-order valence-electron chi connectivity index (χ3n) is 3.51. The Morgan fingerprint density at radius 2 is 2.00 bits per heavy atom. The van der Waals surface area contributed by atoms with E-state index in [1.807, 2.05) is 12.3 Å². The Labute approximate surface area is 98.7 Å². The van der Waals surface area contributed by atoms with Crippen molar-refractivity contribution in [2.45, 2.75) is 53.1 Å². The van der Waals surface area contributed by atoms with Crippen molar-refractivity contribution in [3.63, 3.8) is 0 Å². The zero-order valence-corrected chi connectivity index (χ0v) is 10.8. The van der Waals surface area contributed by atoms with E-state index < -0.39 is 0 Å². The van der Waals surface area contributed by atoms with Gasteiger partial charge >= 0.3 is 0 Å². The average molecular weight is 221 g/mol. The predicted molar refractivity (Wildman–Crippen MR) is 67.4 cm³/mol. The van der Waals surface area contributed by atoms with Gasteiger partial charge in [-0.05, 0) is 29.9 Å². The second-order valence-corrected chi connectivity index (χ2v) is 5.07. The van der Waals surface area contributed by atoms with Crippen LogP contribution in [0.2, 0.25) is 0 Å². The molecule has 0 aliphatic rings. The van der Waals surface area contributed by atoms with Gasteiger partial charge in [-0.1, -0.05) is 33.8 Å². The van der Waals surface area contributed by atoms with Crippen LogP contribution in [0.1, 0.15) is 45.4 Å². The third-order valence-corrected chi connectivity index (χ3v) is 3.51. The molecule has 2 heteroatoms. The van der Waals surface area contributed by atoms with Crippen molar-refractivity contribution < 1.29 is 5.11 Å². The normalized spacial score (nSPS) is 13.8. The Balaban J connectivity index is 2.66. The molecule has 90 valence electrons. The number of pyridine rings is 1. The standard InChI is InChI=1S/C14H23NO/c1-5-11-7-8-12(15-10-11)9-13(16)14(3,4)6-2/h7-8,10,13,16H,5-6,9H2,1-4H3. The van der Waals surface area contributed by atoms with Gasteiger partial charge in [-0.3, -0.25) is 4.98 Å². The van der Waals surface area contributed by atoms with Crippen LogP contribution in [0, 0.1) is 5.41 Å². The maximum atomic E-state index is 10.1. The van der Waals surface area contributed by atoms with E-state index in [0.29, 0.717) is 6.42 Å². The van der Waals surface area contributed by atoms with E-state index in [1.165, 1.54) is 5.56 Å². The molecule has 0 amide bonds. The number of rotatable bonds is 5. The van der Waals surface area contributed by atoms with Crippen molar-refractivity contribution in [2.75, 3.05) is 0 Å². The Bertz CT molecular complexity index is 316. The molecule has 16 heavy (non-hydrogen) atoms. The Hall–Kier alpha value is -0.890. The lowest BCUT2D eigenvalue weighted by molar-refractivity contribution is 0.0472. The van der Waals surface area contributed by atoms with Crippen LogP contribution >= 0.6 is 0 Å². The van der Waals surface area contributed by atoms with E-state index in [2.05, 4.69) is 38.7 Å². The van der Waals surface area contributed by atoms with Crippen LogP contribution in [0.5, 0.6) is 0 Å². The Kier molecular flexibility index (Phi) is 4.48. The fourth-order valence-electron chi connectivity index (χ4n) is 1.50. The Morgan fingerprint density at radius 3 is 2.44 bits per heavy atom. The molecule has 1 atom stereocenters. The molecule has 0 aliphatic carbocycles. The summed E-state index contributed by atoms with van der Waals surface area (Å²) < 4.78 is 0. The first kappa shape index (κ1) is 13.2. The molecule has 0 aromatic carbocycles. The van der Waals surface area contributed by atoms with Gasteiger partial charge in [0.2, 0.25) is 0 Å². The number of aliphatic hydroxyl groups is 1. The van der Waals surface area contributed by atoms with Crippen LogP contribution in [-0.4, -0.2) is 16.2 Å². The third kappa shape index (κ3) is 3.31. The lowest BCUT2D eigenvalue weighted by Crippen LogP contribution is -2.30. The summed E-state index contributed by atoms with van der Waals surface area (Å²) in [6, 6.07) is 4.11. The highest BCUT2D eigenvalue weighted by Crippen LogP contribution is 2.26. The molecule has 2 nitrogen and oxygen atoms in total. The molecule has 0 spiro atoms. The van der Waals surface area contributed by atoms with Crippen molar-refractivity contribution in [3.05, 3.63) is 29.6 Å². The molecule has 1 rings (SSSR count). The molecule has 0 saturated carbocycles. The maximum Gasteiger partial charge on any atom is 0.0646 e. The molecular weight excluding hydrogens is 198 g/mol. The number of hydrogen-bond acceptors (Lipinski definition) is 2. The molecule has 0 aliphatic heterocycles. The van der Waals surface area contributed by atoms with Crippen molar-refractivity contribution in [3.8, 4) is 0 Å². The molecule has 0 saturated heterocycles. The second-order valence-electron chi connectivity index (χ2n) is 5.07. The zero-order chi connectivity index (χ0) is 12.2. The van der Waals surface area contributed by atoms with Crippen LogP contribution in [0.4, 0.5) is 0 Å². The van der Waals surface area contributed by atoms with Gasteiger partial charge in [0.05, 0.1) is 6.10 Å². The fraction of sp³-hybridized carbons (Fsp3) is 0.643. The summed E-state index contributed by atoms with van der Waals surface area (Å²) in [4.78, 5) is 4.38. The van der Waals surface area contributed by atoms with E-state index in [4.69, 9.17) is 0 Å². The van der Waals surface area contributed by atoms with Crippen molar-refractivity contribution >= 4 is 0 Å². The fourth-order valence-corrected chi connectivity index (χ4v) is 1.50. The van der Waals surface area contributed by atoms with Crippen molar-refractivity contribution in [1.82, 2.24) is 4.98 Å². The molecular formula is C14H23NO. The summed E-state index contributed by atoms with van der Waals surface area (Å²) in [5.41, 5.74) is 2.18. The maximum absolute atomic E-state index is 10.1. The second kappa shape index (κ2) is 5.44. The smallest absolute Gasteiger partial charge is 0.0646 e. The molecule has 1 N–H and O–H groups in total. The van der Waals surface area contributed by atoms with Gasteiger partial charge in [0.1, 0.15) is 0 Å². The number of nitrogens with zero attached hydrogens (tertiary/aromatic N) is 1. The first-order valence-electron chi connectivity index (χ1n) is 6.11. The van der Waals surface area contributed by atoms with Gasteiger partial charge in [-0.2, -0.15) is 0 Å². The van der Waals surface area contributed by atoms with Gasteiger partial charge < -0.3 is 5.11 Å². The lowest BCUT2D eigenvalue weighted by Gasteiger charge is -2.29. The van der Waals surface area contributed by atoms with Crippen molar-refractivity contribution in [2.24, 2.45) is 5.41 Å². The van der Waals surface area contributed by atoms with Crippen molar-refractivity contribution in [1.29, 1.82) is 0 Å². The van der Waals surface area contributed by atoms with E-state index in [0.717, 1.165) is 18.5 Å². The van der Waals surface area contributed by atoms with Gasteiger partial charge in [0, 0.05) is 18.3 Å². The summed E-state index contributed by atoms with van der Waals surface area (Å²) in [6.07, 6.45) is 4.21. The highest BCUT2D eigenvalue weighted by Gasteiger charge is 2.25. The lowest BCUT2D eigenvalue weighted by atomic mass is 9.82. The average Bonchev–Trinajstić information content (AvgIpc) is 2.30. The van der Waals surface area contributed by atoms with Crippen LogP contribution in [-0.2, 0) is 12.8 Å². The minimum absolute atomic E-state index is 0.0366. The molecule has 1 aromatic heterocycles. The molecule has 1 aromatic rings. The zero-order valence-electron chi connectivity index (χ0n) is 10.8. The number of hydrogen-bond donors (Lipinski definition) is 1. The first-order chi connectivity index (χ1) is 7.49. The van der Waals surface area contributed by atoms with E-state index in [-0.39, 0.29) is 11.5 Å². The Morgan fingerprint density at radius 1 is 1.31 bits per heavy atom. The molecule has 0 bridgehead atoms. The summed E-state index contributed by atoms with van der Waals surface area (Å²) in [5.74, 6) is 0. The van der Waals surface area contributed by atoms with Crippen LogP contribution in [0.15, 0.2) is 18.3 Å². The largest absolute Gasteiger partial charge is 0.392 e. The van der Waals surface area contributed by atoms with Gasteiger partial charge in [-0.15, -0.1) is 0 Å². The number of aromatic nitrogens is 1. The topological polar surface area (TPSA) is 33.1 Å². The van der Waals surface area contributed by atoms with Gasteiger partial charge in [0.25, 0.3) is 0 Å². The minimum atomic E-state index is -0.322. The summed E-state index contributed by atoms with van der Waals surface area (Å²) in [6.45, 7) is 8.42. The van der Waals surface area contributed by atoms with Crippen LogP contribution in [0.25, 0.3) is 0 Å². The summed E-state index contributed by atoms with van der Waals surface area (Å²) in [7, 11) is 0. The molecule has 0 radical (unpaired) electrons. The van der Waals surface area contributed by atoms with E-state index in [1.54, 1.807) is 0 Å². The molecule has 0 fully saturated rings. The summed E-state index contributed by atoms with van der Waals surface area (Å²) in [5, 5.41) is 10.1. The van der Waals surface area contributed by atoms with Crippen LogP contribution < -0.4 is 0 Å². The van der Waals surface area contributed by atoms with Gasteiger partial charge in [-0.25, -0.2) is 0 Å². The highest BCUT2D eigenvalue weighted by atomic mass is 16.3. The predicted octanol–water partition coefficient (Wildman–Crippen LogP) is 2.98. The van der Waals surface area contributed by atoms with E-state index >= 15 is 0 Å². The van der Waals surface area contributed by atoms with Gasteiger partial charge in [0.15, 0.2) is 0 Å². The number of aliphatic hydroxyl groups excluding tert-OH is 1. The quantitative estimate of drug-likeness (QED) is 0.829.